The van der Waals surface area contributed by atoms with Gasteiger partial charge >= 0.3 is 0 Å². The number of H-pyrrole nitrogens is 1. The summed E-state index contributed by atoms with van der Waals surface area (Å²) >= 11 is 0. The summed E-state index contributed by atoms with van der Waals surface area (Å²) in [7, 11) is 1.65. The first-order valence-electron chi connectivity index (χ1n) is 10.8. The summed E-state index contributed by atoms with van der Waals surface area (Å²) in [4.78, 5) is 9.27. The SMILES string of the molecule is COc1cc(NCCCCCCN2C[C@H](O)[C@@H](O)[C@H](O)[C@H]2CO)cc(-c2ncc[nH]2)c1. The number of aromatic amines is 1. The number of anilines is 1. The first-order valence-corrected chi connectivity index (χ1v) is 10.8. The van der Waals surface area contributed by atoms with E-state index in [1.54, 1.807) is 19.5 Å². The Bertz CT molecular complexity index is 788. The van der Waals surface area contributed by atoms with Crippen LogP contribution in [0, 0.1) is 0 Å². The van der Waals surface area contributed by atoms with Crippen molar-refractivity contribution >= 4 is 5.69 Å². The van der Waals surface area contributed by atoms with Gasteiger partial charge in [-0.05, 0) is 31.5 Å². The minimum absolute atomic E-state index is 0.241. The van der Waals surface area contributed by atoms with Crippen molar-refractivity contribution in [1.82, 2.24) is 14.9 Å². The second kappa shape index (κ2) is 11.4. The molecular formula is C22H34N4O5. The van der Waals surface area contributed by atoms with Crippen molar-refractivity contribution in [3.8, 4) is 17.1 Å². The number of ether oxygens (including phenoxy) is 1. The van der Waals surface area contributed by atoms with E-state index in [0.717, 1.165) is 55.1 Å². The predicted molar refractivity (Wildman–Crippen MR) is 118 cm³/mol. The largest absolute Gasteiger partial charge is 0.497 e. The number of methoxy groups -OCH3 is 1. The first-order chi connectivity index (χ1) is 15.0. The molecule has 0 radical (unpaired) electrons. The molecular weight excluding hydrogens is 400 g/mol. The van der Waals surface area contributed by atoms with Gasteiger partial charge < -0.3 is 35.5 Å². The Labute approximate surface area is 182 Å². The lowest BCUT2D eigenvalue weighted by atomic mass is 9.94. The Balaban J connectivity index is 1.38. The quantitative estimate of drug-likeness (QED) is 0.286. The van der Waals surface area contributed by atoms with Crippen LogP contribution in [0.15, 0.2) is 30.6 Å². The monoisotopic (exact) mass is 434 g/mol. The van der Waals surface area contributed by atoms with E-state index in [1.807, 2.05) is 23.1 Å². The van der Waals surface area contributed by atoms with E-state index in [1.165, 1.54) is 0 Å². The number of nitrogens with one attached hydrogen (secondary N) is 2. The van der Waals surface area contributed by atoms with Crippen LogP contribution >= 0.6 is 0 Å². The summed E-state index contributed by atoms with van der Waals surface area (Å²) in [6, 6.07) is 5.41. The number of aromatic nitrogens is 2. The highest BCUT2D eigenvalue weighted by Gasteiger charge is 2.40. The van der Waals surface area contributed by atoms with Crippen LogP contribution in [0.2, 0.25) is 0 Å². The number of likely N-dealkylation sites (tertiary alicyclic amines) is 1. The van der Waals surface area contributed by atoms with E-state index in [9.17, 15) is 20.4 Å². The number of hydrogen-bond acceptors (Lipinski definition) is 8. The van der Waals surface area contributed by atoms with Gasteiger partial charge in [0.25, 0.3) is 0 Å². The number of aliphatic hydroxyl groups excluding tert-OH is 4. The van der Waals surface area contributed by atoms with Crippen LogP contribution in [-0.2, 0) is 0 Å². The topological polar surface area (TPSA) is 134 Å². The maximum Gasteiger partial charge on any atom is 0.137 e. The van der Waals surface area contributed by atoms with Gasteiger partial charge in [-0.1, -0.05) is 12.8 Å². The lowest BCUT2D eigenvalue weighted by Gasteiger charge is -2.43. The van der Waals surface area contributed by atoms with Gasteiger partial charge in [0.2, 0.25) is 0 Å². The lowest BCUT2D eigenvalue weighted by Crippen LogP contribution is -2.62. The fraction of sp³-hybridized carbons (Fsp3) is 0.591. The van der Waals surface area contributed by atoms with Gasteiger partial charge in [-0.2, -0.15) is 0 Å². The Morgan fingerprint density at radius 2 is 1.94 bits per heavy atom. The van der Waals surface area contributed by atoms with Crippen LogP contribution in [0.5, 0.6) is 5.75 Å². The molecule has 2 heterocycles. The average molecular weight is 435 g/mol. The number of unbranched alkanes of at least 4 members (excludes halogenated alkanes) is 3. The Hall–Kier alpha value is -2.17. The molecule has 31 heavy (non-hydrogen) atoms. The van der Waals surface area contributed by atoms with Crippen molar-refractivity contribution in [2.45, 2.75) is 50.0 Å². The smallest absolute Gasteiger partial charge is 0.137 e. The molecule has 0 spiro atoms. The summed E-state index contributed by atoms with van der Waals surface area (Å²) in [5.41, 5.74) is 1.94. The molecule has 9 nitrogen and oxygen atoms in total. The highest BCUT2D eigenvalue weighted by Crippen LogP contribution is 2.26. The molecule has 2 aromatic rings. The second-order valence-electron chi connectivity index (χ2n) is 8.02. The average Bonchev–Trinajstić information content (AvgIpc) is 3.32. The molecule has 1 aliphatic rings. The van der Waals surface area contributed by atoms with Crippen LogP contribution in [0.4, 0.5) is 5.69 Å². The van der Waals surface area contributed by atoms with Gasteiger partial charge in [0, 0.05) is 42.8 Å². The number of benzene rings is 1. The van der Waals surface area contributed by atoms with Crippen molar-refractivity contribution in [2.75, 3.05) is 38.7 Å². The lowest BCUT2D eigenvalue weighted by molar-refractivity contribution is -0.145. The third kappa shape index (κ3) is 6.18. The van der Waals surface area contributed by atoms with E-state index in [2.05, 4.69) is 15.3 Å². The number of β-amino-alcohol motifs (C(OH)–C–C–N with tert-alkyl or cyclic N) is 1. The van der Waals surface area contributed by atoms with Crippen LogP contribution in [-0.4, -0.2) is 93.0 Å². The van der Waals surface area contributed by atoms with Gasteiger partial charge in [-0.15, -0.1) is 0 Å². The third-order valence-corrected chi connectivity index (χ3v) is 5.83. The van der Waals surface area contributed by atoms with E-state index in [-0.39, 0.29) is 13.2 Å². The zero-order valence-corrected chi connectivity index (χ0v) is 17.9. The van der Waals surface area contributed by atoms with Crippen molar-refractivity contribution < 1.29 is 25.2 Å². The molecule has 9 heteroatoms. The molecule has 0 aliphatic carbocycles. The van der Waals surface area contributed by atoms with Crippen LogP contribution in [0.1, 0.15) is 25.7 Å². The zero-order valence-electron chi connectivity index (χ0n) is 17.9. The minimum atomic E-state index is -1.20. The predicted octanol–water partition coefficient (Wildman–Crippen LogP) is 0.817. The number of aliphatic hydroxyl groups is 4. The van der Waals surface area contributed by atoms with Crippen molar-refractivity contribution in [3.05, 3.63) is 30.6 Å². The molecule has 0 bridgehead atoms. The third-order valence-electron chi connectivity index (χ3n) is 5.83. The van der Waals surface area contributed by atoms with E-state index < -0.39 is 24.4 Å². The highest BCUT2D eigenvalue weighted by atomic mass is 16.5. The molecule has 4 atom stereocenters. The summed E-state index contributed by atoms with van der Waals surface area (Å²) in [6.45, 7) is 1.52. The minimum Gasteiger partial charge on any atom is -0.497 e. The molecule has 1 fully saturated rings. The fourth-order valence-corrected chi connectivity index (χ4v) is 4.04. The second-order valence-corrected chi connectivity index (χ2v) is 8.02. The summed E-state index contributed by atoms with van der Waals surface area (Å²) in [5.74, 6) is 1.56. The van der Waals surface area contributed by atoms with Gasteiger partial charge in [-0.3, -0.25) is 4.90 Å². The van der Waals surface area contributed by atoms with Gasteiger partial charge in [0.05, 0.1) is 25.9 Å². The zero-order chi connectivity index (χ0) is 22.2. The first kappa shape index (κ1) is 23.5. The van der Waals surface area contributed by atoms with E-state index in [4.69, 9.17) is 4.74 Å². The highest BCUT2D eigenvalue weighted by molar-refractivity contribution is 5.65. The molecule has 172 valence electrons. The van der Waals surface area contributed by atoms with Gasteiger partial charge in [0.15, 0.2) is 0 Å². The molecule has 1 saturated heterocycles. The van der Waals surface area contributed by atoms with Crippen LogP contribution in [0.25, 0.3) is 11.4 Å². The maximum absolute atomic E-state index is 10.0. The van der Waals surface area contributed by atoms with Crippen LogP contribution < -0.4 is 10.1 Å². The fourth-order valence-electron chi connectivity index (χ4n) is 4.04. The molecule has 3 rings (SSSR count). The number of nitrogens with zero attached hydrogens (tertiary/aromatic N) is 2. The Morgan fingerprint density at radius 3 is 2.65 bits per heavy atom. The summed E-state index contributed by atoms with van der Waals surface area (Å²) < 4.78 is 5.39. The Kier molecular flexibility index (Phi) is 8.68. The normalized spacial score (nSPS) is 24.3. The van der Waals surface area contributed by atoms with Gasteiger partial charge in [-0.25, -0.2) is 4.98 Å². The van der Waals surface area contributed by atoms with Crippen molar-refractivity contribution in [3.63, 3.8) is 0 Å². The molecule has 0 saturated carbocycles. The number of imidazole rings is 1. The summed E-state index contributed by atoms with van der Waals surface area (Å²) in [5, 5.41) is 42.6. The number of rotatable bonds is 11. The number of piperidine rings is 1. The molecule has 0 unspecified atom stereocenters. The Morgan fingerprint density at radius 1 is 1.13 bits per heavy atom. The molecule has 1 aromatic carbocycles. The molecule has 0 amide bonds. The standard InChI is InChI=1S/C22H34N4O5/c1-31-17-11-15(22-24-7-8-25-22)10-16(12-17)23-6-4-2-3-5-9-26-13-19(28)21(30)20(29)18(26)14-27/h7-8,10-12,18-21,23,27-30H,2-6,9,13-14H2,1H3,(H,24,25)/t18-,19+,20-,21-/m1/s1. The molecule has 6 N–H and O–H groups in total. The molecule has 1 aromatic heterocycles. The number of hydrogen-bond donors (Lipinski definition) is 6. The van der Waals surface area contributed by atoms with E-state index >= 15 is 0 Å². The van der Waals surface area contributed by atoms with Crippen molar-refractivity contribution in [1.29, 1.82) is 0 Å². The van der Waals surface area contributed by atoms with Crippen molar-refractivity contribution in [2.24, 2.45) is 0 Å². The van der Waals surface area contributed by atoms with Gasteiger partial charge in [0.1, 0.15) is 23.8 Å². The summed E-state index contributed by atoms with van der Waals surface area (Å²) in [6.07, 6.45) is 4.12. The maximum atomic E-state index is 10.0. The van der Waals surface area contributed by atoms with Crippen LogP contribution in [0.3, 0.4) is 0 Å². The molecule has 1 aliphatic heterocycles. The van der Waals surface area contributed by atoms with E-state index in [0.29, 0.717) is 6.54 Å².